The molecule has 3 aromatic heterocycles. The minimum Gasteiger partial charge on any atom is -0.489 e. The summed E-state index contributed by atoms with van der Waals surface area (Å²) in [6.07, 6.45) is 8.39. The highest BCUT2D eigenvalue weighted by Crippen LogP contribution is 2.30. The number of aryl methyl sites for hydroxylation is 3. The van der Waals surface area contributed by atoms with Gasteiger partial charge in [0.05, 0.1) is 17.5 Å². The predicted molar refractivity (Wildman–Crippen MR) is 118 cm³/mol. The number of hydrogen-bond acceptors (Lipinski definition) is 6. The Morgan fingerprint density at radius 1 is 1.10 bits per heavy atom. The molecule has 0 amide bonds. The van der Waals surface area contributed by atoms with E-state index in [0.717, 1.165) is 60.2 Å². The number of hydrogen-bond donors (Lipinski definition) is 1. The fourth-order valence-electron chi connectivity index (χ4n) is 3.90. The van der Waals surface area contributed by atoms with Gasteiger partial charge in [-0.2, -0.15) is 0 Å². The quantitative estimate of drug-likeness (QED) is 0.596. The monoisotopic (exact) mass is 406 g/mol. The lowest BCUT2D eigenvalue weighted by atomic mass is 9.98. The van der Waals surface area contributed by atoms with Gasteiger partial charge in [0.25, 0.3) is 0 Å². The van der Waals surface area contributed by atoms with Gasteiger partial charge in [-0.1, -0.05) is 31.0 Å². The number of nitrogens with one attached hydrogen (secondary N) is 1. The van der Waals surface area contributed by atoms with Gasteiger partial charge in [0, 0.05) is 12.7 Å². The highest BCUT2D eigenvalue weighted by molar-refractivity contribution is 5.72. The highest BCUT2D eigenvalue weighted by Gasteiger charge is 2.19. The lowest BCUT2D eigenvalue weighted by Crippen LogP contribution is -2.20. The zero-order valence-corrected chi connectivity index (χ0v) is 18.1. The van der Waals surface area contributed by atoms with Crippen LogP contribution in [0, 0.1) is 6.92 Å². The van der Waals surface area contributed by atoms with Gasteiger partial charge in [-0.25, -0.2) is 14.6 Å². The van der Waals surface area contributed by atoms with Crippen LogP contribution in [0.25, 0.3) is 11.4 Å². The van der Waals surface area contributed by atoms with Gasteiger partial charge in [-0.05, 0) is 63.3 Å². The molecular weight excluding hydrogens is 376 g/mol. The zero-order chi connectivity index (χ0) is 20.9. The van der Waals surface area contributed by atoms with Crippen LogP contribution in [0.4, 0.5) is 11.6 Å². The molecule has 4 rings (SSSR count). The molecule has 0 bridgehead atoms. The molecule has 3 heterocycles. The molecular formula is C23H30N6O. The Bertz CT molecular complexity index is 993. The first kappa shape index (κ1) is 20.3. The first-order valence-corrected chi connectivity index (χ1v) is 10.9. The molecule has 30 heavy (non-hydrogen) atoms. The summed E-state index contributed by atoms with van der Waals surface area (Å²) in [7, 11) is 1.86. The second-order valence-corrected chi connectivity index (χ2v) is 7.96. The smallest absolute Gasteiger partial charge is 0.159 e. The molecule has 0 aliphatic heterocycles. The van der Waals surface area contributed by atoms with E-state index < -0.39 is 0 Å². The van der Waals surface area contributed by atoms with E-state index in [-0.39, 0.29) is 0 Å². The average molecular weight is 407 g/mol. The summed E-state index contributed by atoms with van der Waals surface area (Å²) >= 11 is 0. The van der Waals surface area contributed by atoms with Crippen molar-refractivity contribution in [2.75, 3.05) is 5.32 Å². The van der Waals surface area contributed by atoms with Crippen molar-refractivity contribution in [3.05, 3.63) is 41.7 Å². The van der Waals surface area contributed by atoms with Crippen molar-refractivity contribution >= 4 is 11.6 Å². The Morgan fingerprint density at radius 2 is 1.93 bits per heavy atom. The second-order valence-electron chi connectivity index (χ2n) is 7.96. The Hall–Kier alpha value is -2.96. The SMILES string of the molecule is CCCc1cccc(Nc2c(-c3ccc(OC4CCCCC4)c(C)n3)nnn2C)n1. The third-order valence-corrected chi connectivity index (χ3v) is 5.51. The van der Waals surface area contributed by atoms with E-state index in [0.29, 0.717) is 11.8 Å². The topological polar surface area (TPSA) is 77.8 Å². The number of nitrogens with zero attached hydrogens (tertiary/aromatic N) is 5. The number of rotatable bonds is 7. The van der Waals surface area contributed by atoms with E-state index in [9.17, 15) is 0 Å². The number of pyridine rings is 2. The van der Waals surface area contributed by atoms with E-state index in [1.807, 2.05) is 44.3 Å². The Morgan fingerprint density at radius 3 is 2.70 bits per heavy atom. The van der Waals surface area contributed by atoms with Crippen LogP contribution in [0.1, 0.15) is 56.8 Å². The van der Waals surface area contributed by atoms with Gasteiger partial charge in [0.2, 0.25) is 0 Å². The summed E-state index contributed by atoms with van der Waals surface area (Å²) in [5.74, 6) is 2.41. The molecule has 0 radical (unpaired) electrons. The van der Waals surface area contributed by atoms with E-state index in [2.05, 4.69) is 27.5 Å². The largest absolute Gasteiger partial charge is 0.489 e. The molecule has 3 aromatic rings. The zero-order valence-electron chi connectivity index (χ0n) is 18.1. The lowest BCUT2D eigenvalue weighted by molar-refractivity contribution is 0.153. The molecule has 7 heteroatoms. The standard InChI is InChI=1S/C23H30N6O/c1-4-9-17-10-8-13-21(25-17)26-23-22(27-28-29(23)3)19-14-15-20(16(2)24-19)30-18-11-6-5-7-12-18/h8,10,13-15,18H,4-7,9,11-12H2,1-3H3,(H,25,26). The minimum atomic E-state index is 0.306. The number of anilines is 2. The first-order chi connectivity index (χ1) is 14.6. The minimum absolute atomic E-state index is 0.306. The van der Waals surface area contributed by atoms with Crippen molar-refractivity contribution in [2.24, 2.45) is 7.05 Å². The van der Waals surface area contributed by atoms with E-state index in [1.165, 1.54) is 19.3 Å². The average Bonchev–Trinajstić information content (AvgIpc) is 3.11. The van der Waals surface area contributed by atoms with Gasteiger partial charge in [-0.15, -0.1) is 5.10 Å². The normalized spacial score (nSPS) is 14.6. The fourth-order valence-corrected chi connectivity index (χ4v) is 3.90. The van der Waals surface area contributed by atoms with Crippen molar-refractivity contribution in [2.45, 2.75) is 64.9 Å². The molecule has 0 spiro atoms. The summed E-state index contributed by atoms with van der Waals surface area (Å²) < 4.78 is 7.93. The van der Waals surface area contributed by atoms with E-state index in [1.54, 1.807) is 4.68 Å². The molecule has 0 aromatic carbocycles. The van der Waals surface area contributed by atoms with Crippen LogP contribution in [-0.2, 0) is 13.5 Å². The predicted octanol–water partition coefficient (Wildman–Crippen LogP) is 4.99. The summed E-state index contributed by atoms with van der Waals surface area (Å²) in [5, 5.41) is 11.9. The highest BCUT2D eigenvalue weighted by atomic mass is 16.5. The van der Waals surface area contributed by atoms with Gasteiger partial charge < -0.3 is 10.1 Å². The van der Waals surface area contributed by atoms with Crippen LogP contribution in [0.3, 0.4) is 0 Å². The van der Waals surface area contributed by atoms with Crippen molar-refractivity contribution in [3.8, 4) is 17.1 Å². The van der Waals surface area contributed by atoms with Crippen molar-refractivity contribution in [1.82, 2.24) is 25.0 Å². The van der Waals surface area contributed by atoms with Gasteiger partial charge in [0.15, 0.2) is 11.5 Å². The third kappa shape index (κ3) is 4.61. The van der Waals surface area contributed by atoms with Crippen molar-refractivity contribution in [1.29, 1.82) is 0 Å². The summed E-state index contributed by atoms with van der Waals surface area (Å²) in [5.41, 5.74) is 3.41. The third-order valence-electron chi connectivity index (χ3n) is 5.51. The fraction of sp³-hybridized carbons (Fsp3) is 0.478. The molecule has 0 saturated heterocycles. The van der Waals surface area contributed by atoms with E-state index in [4.69, 9.17) is 9.72 Å². The molecule has 1 N–H and O–H groups in total. The lowest BCUT2D eigenvalue weighted by Gasteiger charge is -2.23. The van der Waals surface area contributed by atoms with Gasteiger partial charge in [0.1, 0.15) is 11.6 Å². The summed E-state index contributed by atoms with van der Waals surface area (Å²) in [6.45, 7) is 4.14. The Kier molecular flexibility index (Phi) is 6.26. The maximum atomic E-state index is 6.21. The second kappa shape index (κ2) is 9.24. The van der Waals surface area contributed by atoms with Crippen molar-refractivity contribution in [3.63, 3.8) is 0 Å². The summed E-state index contributed by atoms with van der Waals surface area (Å²) in [6, 6.07) is 9.98. The molecule has 158 valence electrons. The molecule has 1 aliphatic rings. The van der Waals surface area contributed by atoms with Crippen LogP contribution < -0.4 is 10.1 Å². The van der Waals surface area contributed by atoms with E-state index >= 15 is 0 Å². The number of aromatic nitrogens is 5. The summed E-state index contributed by atoms with van der Waals surface area (Å²) in [4.78, 5) is 9.46. The van der Waals surface area contributed by atoms with Gasteiger partial charge >= 0.3 is 0 Å². The van der Waals surface area contributed by atoms with Crippen LogP contribution in [0.5, 0.6) is 5.75 Å². The molecule has 1 aliphatic carbocycles. The number of ether oxygens (including phenoxy) is 1. The maximum Gasteiger partial charge on any atom is 0.159 e. The first-order valence-electron chi connectivity index (χ1n) is 10.9. The Balaban J connectivity index is 1.56. The van der Waals surface area contributed by atoms with Gasteiger partial charge in [-0.3, -0.25) is 0 Å². The molecule has 0 unspecified atom stereocenters. The molecule has 0 atom stereocenters. The van der Waals surface area contributed by atoms with Crippen LogP contribution in [0.2, 0.25) is 0 Å². The van der Waals surface area contributed by atoms with Crippen LogP contribution in [0.15, 0.2) is 30.3 Å². The van der Waals surface area contributed by atoms with Crippen molar-refractivity contribution < 1.29 is 4.74 Å². The molecule has 7 nitrogen and oxygen atoms in total. The Labute approximate surface area is 177 Å². The molecule has 1 saturated carbocycles. The van der Waals surface area contributed by atoms with Crippen LogP contribution in [-0.4, -0.2) is 31.1 Å². The molecule has 1 fully saturated rings. The maximum absolute atomic E-state index is 6.21. The van der Waals surface area contributed by atoms with Crippen LogP contribution >= 0.6 is 0 Å².